The van der Waals surface area contributed by atoms with Gasteiger partial charge in [0.2, 0.25) is 0 Å². The van der Waals surface area contributed by atoms with E-state index in [1.54, 1.807) is 30.0 Å². The van der Waals surface area contributed by atoms with Crippen molar-refractivity contribution in [2.75, 3.05) is 32.1 Å². The number of nitrogens with zero attached hydrogens (tertiary/aromatic N) is 4. The number of urea groups is 1. The fourth-order valence-electron chi connectivity index (χ4n) is 3.56. The fraction of sp³-hybridized carbons (Fsp3) is 0.333. The molecule has 0 saturated carbocycles. The number of rotatable bonds is 6. The van der Waals surface area contributed by atoms with Crippen LogP contribution in [0.4, 0.5) is 10.5 Å². The molecule has 2 N–H and O–H groups in total. The van der Waals surface area contributed by atoms with Gasteiger partial charge in [0, 0.05) is 25.2 Å². The highest BCUT2D eigenvalue weighted by atomic mass is 16.5. The summed E-state index contributed by atoms with van der Waals surface area (Å²) in [5.41, 5.74) is 2.71. The van der Waals surface area contributed by atoms with E-state index in [-0.39, 0.29) is 11.9 Å². The van der Waals surface area contributed by atoms with Gasteiger partial charge in [0.1, 0.15) is 11.3 Å². The molecule has 0 atom stereocenters. The second-order valence-electron chi connectivity index (χ2n) is 7.10. The van der Waals surface area contributed by atoms with Crippen LogP contribution >= 0.6 is 0 Å². The first kappa shape index (κ1) is 19.7. The number of nitrogens with one attached hydrogen (secondary N) is 2. The molecule has 1 saturated heterocycles. The van der Waals surface area contributed by atoms with Crippen molar-refractivity contribution in [1.29, 1.82) is 0 Å². The predicted octanol–water partition coefficient (Wildman–Crippen LogP) is 2.50. The van der Waals surface area contributed by atoms with Crippen molar-refractivity contribution in [3.05, 3.63) is 48.0 Å². The zero-order chi connectivity index (χ0) is 20.9. The first-order valence-electron chi connectivity index (χ1n) is 9.96. The summed E-state index contributed by atoms with van der Waals surface area (Å²) in [6, 6.07) is 12.3. The standard InChI is InChI=1S/C21H24N6O3/c1-30-19-7-3-2-6-16(19)23-21(29)22-10-13-27-18-9-8-15(14-17(18)24-25-27)20(28)26-11-4-5-12-26/h2-3,6-9,14H,4-5,10-13H2,1H3,(H2,22,23,29). The maximum Gasteiger partial charge on any atom is 0.319 e. The number of amides is 3. The van der Waals surface area contributed by atoms with Gasteiger partial charge >= 0.3 is 6.03 Å². The molecule has 9 nitrogen and oxygen atoms in total. The Morgan fingerprint density at radius 2 is 1.93 bits per heavy atom. The van der Waals surface area contributed by atoms with Crippen LogP contribution in [0, 0.1) is 0 Å². The van der Waals surface area contributed by atoms with Gasteiger partial charge < -0.3 is 20.3 Å². The van der Waals surface area contributed by atoms with Gasteiger partial charge in [-0.25, -0.2) is 9.48 Å². The van der Waals surface area contributed by atoms with E-state index in [1.807, 2.05) is 29.2 Å². The summed E-state index contributed by atoms with van der Waals surface area (Å²) in [6.07, 6.45) is 2.11. The van der Waals surface area contributed by atoms with Crippen LogP contribution in [0.15, 0.2) is 42.5 Å². The summed E-state index contributed by atoms with van der Waals surface area (Å²) >= 11 is 0. The summed E-state index contributed by atoms with van der Waals surface area (Å²) in [5, 5.41) is 13.9. The Morgan fingerprint density at radius 1 is 1.13 bits per heavy atom. The van der Waals surface area contributed by atoms with Crippen LogP contribution < -0.4 is 15.4 Å². The molecule has 0 spiro atoms. The second-order valence-corrected chi connectivity index (χ2v) is 7.10. The van der Waals surface area contributed by atoms with E-state index in [0.29, 0.717) is 35.6 Å². The normalized spacial score (nSPS) is 13.4. The molecular formula is C21H24N6O3. The summed E-state index contributed by atoms with van der Waals surface area (Å²) in [7, 11) is 1.55. The number of fused-ring (bicyclic) bond motifs is 1. The van der Waals surface area contributed by atoms with Gasteiger partial charge in [0.05, 0.1) is 24.9 Å². The third kappa shape index (κ3) is 4.19. The zero-order valence-corrected chi connectivity index (χ0v) is 16.8. The van der Waals surface area contributed by atoms with Crippen molar-refractivity contribution in [1.82, 2.24) is 25.2 Å². The highest BCUT2D eigenvalue weighted by Gasteiger charge is 2.20. The van der Waals surface area contributed by atoms with Crippen LogP contribution in [0.5, 0.6) is 5.75 Å². The third-order valence-corrected chi connectivity index (χ3v) is 5.12. The number of methoxy groups -OCH3 is 1. The first-order valence-corrected chi connectivity index (χ1v) is 9.96. The third-order valence-electron chi connectivity index (χ3n) is 5.12. The van der Waals surface area contributed by atoms with Gasteiger partial charge in [-0.2, -0.15) is 0 Å². The molecule has 2 heterocycles. The van der Waals surface area contributed by atoms with Crippen LogP contribution in [0.25, 0.3) is 11.0 Å². The summed E-state index contributed by atoms with van der Waals surface area (Å²) < 4.78 is 6.94. The molecule has 3 aromatic rings. The molecule has 30 heavy (non-hydrogen) atoms. The van der Waals surface area contributed by atoms with Crippen LogP contribution in [0.2, 0.25) is 0 Å². The van der Waals surface area contributed by atoms with Gasteiger partial charge in [-0.05, 0) is 43.2 Å². The number of likely N-dealkylation sites (tertiary alicyclic amines) is 1. The molecule has 1 fully saturated rings. The molecule has 1 aliphatic heterocycles. The average molecular weight is 408 g/mol. The van der Waals surface area contributed by atoms with Crippen LogP contribution in [-0.4, -0.2) is 58.6 Å². The Kier molecular flexibility index (Phi) is 5.78. The largest absolute Gasteiger partial charge is 0.495 e. The maximum absolute atomic E-state index is 12.5. The lowest BCUT2D eigenvalue weighted by Gasteiger charge is -2.15. The molecular weight excluding hydrogens is 384 g/mol. The van der Waals surface area contributed by atoms with E-state index >= 15 is 0 Å². The lowest BCUT2D eigenvalue weighted by Crippen LogP contribution is -2.31. The molecule has 1 aliphatic rings. The number of benzene rings is 2. The van der Waals surface area contributed by atoms with Crippen molar-refractivity contribution in [2.24, 2.45) is 0 Å². The fourth-order valence-corrected chi connectivity index (χ4v) is 3.56. The van der Waals surface area contributed by atoms with E-state index in [4.69, 9.17) is 4.74 Å². The summed E-state index contributed by atoms with van der Waals surface area (Å²) in [4.78, 5) is 26.6. The smallest absolute Gasteiger partial charge is 0.319 e. The first-order chi connectivity index (χ1) is 14.7. The van der Waals surface area contributed by atoms with Crippen molar-refractivity contribution in [2.45, 2.75) is 19.4 Å². The van der Waals surface area contributed by atoms with Crippen molar-refractivity contribution in [3.63, 3.8) is 0 Å². The Balaban J connectivity index is 1.35. The summed E-state index contributed by atoms with van der Waals surface area (Å²) in [5.74, 6) is 0.632. The Labute approximate surface area is 174 Å². The SMILES string of the molecule is COc1ccccc1NC(=O)NCCn1nnc2cc(C(=O)N3CCCC3)ccc21. The van der Waals surface area contributed by atoms with Crippen LogP contribution in [0.3, 0.4) is 0 Å². The summed E-state index contributed by atoms with van der Waals surface area (Å²) in [6.45, 7) is 2.45. The number of para-hydroxylation sites is 2. The van der Waals surface area contributed by atoms with E-state index in [1.165, 1.54) is 0 Å². The average Bonchev–Trinajstić information content (AvgIpc) is 3.44. The van der Waals surface area contributed by atoms with E-state index in [0.717, 1.165) is 31.4 Å². The molecule has 0 unspecified atom stereocenters. The zero-order valence-electron chi connectivity index (χ0n) is 16.8. The van der Waals surface area contributed by atoms with Crippen molar-refractivity contribution >= 4 is 28.7 Å². The molecule has 1 aromatic heterocycles. The Morgan fingerprint density at radius 3 is 2.73 bits per heavy atom. The Hall–Kier alpha value is -3.62. The molecule has 2 aromatic carbocycles. The van der Waals surface area contributed by atoms with Crippen molar-refractivity contribution < 1.29 is 14.3 Å². The lowest BCUT2D eigenvalue weighted by atomic mass is 10.1. The van der Waals surface area contributed by atoms with Gasteiger partial charge in [0.15, 0.2) is 0 Å². The quantitative estimate of drug-likeness (QED) is 0.653. The molecule has 0 aliphatic carbocycles. The van der Waals surface area contributed by atoms with Gasteiger partial charge in [-0.1, -0.05) is 17.3 Å². The second kappa shape index (κ2) is 8.81. The predicted molar refractivity (Wildman–Crippen MR) is 113 cm³/mol. The number of aromatic nitrogens is 3. The van der Waals surface area contributed by atoms with Gasteiger partial charge in [-0.3, -0.25) is 4.79 Å². The van der Waals surface area contributed by atoms with Gasteiger partial charge in [-0.15, -0.1) is 5.10 Å². The number of carbonyl (C=O) groups is 2. The number of ether oxygens (including phenoxy) is 1. The lowest BCUT2D eigenvalue weighted by molar-refractivity contribution is 0.0793. The topological polar surface area (TPSA) is 101 Å². The minimum atomic E-state index is -0.331. The van der Waals surface area contributed by atoms with Crippen LogP contribution in [0.1, 0.15) is 23.2 Å². The van der Waals surface area contributed by atoms with E-state index in [9.17, 15) is 9.59 Å². The molecule has 3 amide bonds. The number of carbonyl (C=O) groups excluding carboxylic acids is 2. The van der Waals surface area contributed by atoms with Gasteiger partial charge in [0.25, 0.3) is 5.91 Å². The number of hydrogen-bond acceptors (Lipinski definition) is 5. The molecule has 0 bridgehead atoms. The molecule has 9 heteroatoms. The Bertz CT molecular complexity index is 1060. The maximum atomic E-state index is 12.5. The monoisotopic (exact) mass is 408 g/mol. The highest BCUT2D eigenvalue weighted by Crippen LogP contribution is 2.22. The number of anilines is 1. The van der Waals surface area contributed by atoms with E-state index in [2.05, 4.69) is 20.9 Å². The minimum absolute atomic E-state index is 0.0404. The molecule has 156 valence electrons. The highest BCUT2D eigenvalue weighted by molar-refractivity contribution is 5.97. The number of hydrogen-bond donors (Lipinski definition) is 2. The minimum Gasteiger partial charge on any atom is -0.495 e. The van der Waals surface area contributed by atoms with Crippen LogP contribution in [-0.2, 0) is 6.54 Å². The van der Waals surface area contributed by atoms with Crippen molar-refractivity contribution in [3.8, 4) is 5.75 Å². The molecule has 4 rings (SSSR count). The molecule has 0 radical (unpaired) electrons. The van der Waals surface area contributed by atoms with E-state index < -0.39 is 0 Å².